The minimum absolute atomic E-state index is 0.109. The molecule has 0 radical (unpaired) electrons. The Balaban J connectivity index is 4.41. The topological polar surface area (TPSA) is 33.0 Å². The van der Waals surface area contributed by atoms with E-state index in [9.17, 15) is 0 Å². The number of alkyl halides is 1. The van der Waals surface area contributed by atoms with E-state index >= 15 is 0 Å². The van der Waals surface area contributed by atoms with Crippen molar-refractivity contribution in [3.63, 3.8) is 0 Å². The van der Waals surface area contributed by atoms with Crippen molar-refractivity contribution in [2.75, 3.05) is 5.88 Å². The average Bonchev–Trinajstić information content (AvgIpc) is 2.01. The van der Waals surface area contributed by atoms with E-state index in [0.717, 1.165) is 0 Å². The average molecular weight is 234 g/mol. The van der Waals surface area contributed by atoms with Gasteiger partial charge >= 0.3 is 0 Å². The highest BCUT2D eigenvalue weighted by atomic mass is 35.5. The molecule has 0 amide bonds. The van der Waals surface area contributed by atoms with Gasteiger partial charge in [0, 0.05) is 5.88 Å². The van der Waals surface area contributed by atoms with Crippen LogP contribution in [0.4, 0.5) is 0 Å². The lowest BCUT2D eigenvalue weighted by Gasteiger charge is -2.38. The SMILES string of the molecule is CC(C)(C)[Si](C)(C)OC(CCl)CC#N. The summed E-state index contributed by atoms with van der Waals surface area (Å²) in [5.74, 6) is 0.403. The van der Waals surface area contributed by atoms with Crippen LogP contribution in [-0.4, -0.2) is 20.3 Å². The third-order valence-electron chi connectivity index (χ3n) is 2.76. The lowest BCUT2D eigenvalue weighted by molar-refractivity contribution is 0.207. The predicted molar refractivity (Wildman–Crippen MR) is 63.0 cm³/mol. The maximum atomic E-state index is 8.59. The minimum atomic E-state index is -1.76. The van der Waals surface area contributed by atoms with E-state index in [2.05, 4.69) is 39.9 Å². The Bertz CT molecular complexity index is 217. The largest absolute Gasteiger partial charge is 0.412 e. The van der Waals surface area contributed by atoms with Crippen molar-refractivity contribution >= 4 is 19.9 Å². The maximum absolute atomic E-state index is 8.59. The predicted octanol–water partition coefficient (Wildman–Crippen LogP) is 3.53. The fourth-order valence-electron chi connectivity index (χ4n) is 0.823. The van der Waals surface area contributed by atoms with Crippen molar-refractivity contribution in [3.8, 4) is 6.07 Å². The van der Waals surface area contributed by atoms with Crippen LogP contribution in [0, 0.1) is 11.3 Å². The molecule has 0 heterocycles. The van der Waals surface area contributed by atoms with Gasteiger partial charge in [-0.2, -0.15) is 5.26 Å². The number of hydrogen-bond acceptors (Lipinski definition) is 2. The summed E-state index contributed by atoms with van der Waals surface area (Å²) < 4.78 is 5.98. The van der Waals surface area contributed by atoms with E-state index in [1.54, 1.807) is 0 Å². The Morgan fingerprint density at radius 1 is 1.43 bits per heavy atom. The summed E-state index contributed by atoms with van der Waals surface area (Å²) in [5, 5.41) is 8.77. The van der Waals surface area contributed by atoms with E-state index in [0.29, 0.717) is 12.3 Å². The Labute approximate surface area is 93.3 Å². The monoisotopic (exact) mass is 233 g/mol. The Morgan fingerprint density at radius 3 is 2.21 bits per heavy atom. The number of hydrogen-bond donors (Lipinski definition) is 0. The van der Waals surface area contributed by atoms with Gasteiger partial charge in [0.15, 0.2) is 8.32 Å². The van der Waals surface area contributed by atoms with Crippen LogP contribution in [0.15, 0.2) is 0 Å². The molecule has 1 unspecified atom stereocenters. The van der Waals surface area contributed by atoms with E-state index in [-0.39, 0.29) is 11.1 Å². The van der Waals surface area contributed by atoms with Gasteiger partial charge in [-0.05, 0) is 18.1 Å². The van der Waals surface area contributed by atoms with Gasteiger partial charge in [-0.3, -0.25) is 0 Å². The van der Waals surface area contributed by atoms with Crippen LogP contribution in [-0.2, 0) is 4.43 Å². The van der Waals surface area contributed by atoms with Crippen LogP contribution in [0.5, 0.6) is 0 Å². The summed E-state index contributed by atoms with van der Waals surface area (Å²) in [6, 6.07) is 2.11. The third-order valence-corrected chi connectivity index (χ3v) is 7.64. The van der Waals surface area contributed by atoms with E-state index in [1.807, 2.05) is 0 Å². The number of halogens is 1. The highest BCUT2D eigenvalue weighted by Crippen LogP contribution is 2.37. The molecule has 0 N–H and O–H groups in total. The highest BCUT2D eigenvalue weighted by Gasteiger charge is 2.38. The fraction of sp³-hybridized carbons (Fsp3) is 0.900. The quantitative estimate of drug-likeness (QED) is 0.550. The first-order chi connectivity index (χ1) is 6.24. The summed E-state index contributed by atoms with van der Waals surface area (Å²) in [4.78, 5) is 0. The number of nitrogens with zero attached hydrogens (tertiary/aromatic N) is 1. The molecular formula is C10H20ClNOSi. The van der Waals surface area contributed by atoms with Crippen LogP contribution in [0.3, 0.4) is 0 Å². The van der Waals surface area contributed by atoms with Gasteiger partial charge in [-0.15, -0.1) is 11.6 Å². The Morgan fingerprint density at radius 2 is 1.93 bits per heavy atom. The van der Waals surface area contributed by atoms with Gasteiger partial charge in [0.05, 0.1) is 18.6 Å². The van der Waals surface area contributed by atoms with Crippen LogP contribution < -0.4 is 0 Å². The van der Waals surface area contributed by atoms with Crippen LogP contribution in [0.1, 0.15) is 27.2 Å². The van der Waals surface area contributed by atoms with Crippen molar-refractivity contribution < 1.29 is 4.43 Å². The van der Waals surface area contributed by atoms with Crippen molar-refractivity contribution in [1.82, 2.24) is 0 Å². The van der Waals surface area contributed by atoms with Crippen molar-refractivity contribution in [3.05, 3.63) is 0 Å². The minimum Gasteiger partial charge on any atom is -0.412 e. The summed E-state index contributed by atoms with van der Waals surface area (Å²) in [7, 11) is -1.76. The summed E-state index contributed by atoms with van der Waals surface area (Å²) in [6.45, 7) is 10.9. The van der Waals surface area contributed by atoms with Crippen LogP contribution in [0.2, 0.25) is 18.1 Å². The first-order valence-corrected chi connectivity index (χ1v) is 8.29. The van der Waals surface area contributed by atoms with Crippen LogP contribution in [0.25, 0.3) is 0 Å². The normalized spacial score (nSPS) is 14.9. The van der Waals surface area contributed by atoms with Crippen molar-refractivity contribution in [1.29, 1.82) is 5.26 Å². The Hall–Kier alpha value is -0.0431. The van der Waals surface area contributed by atoms with Gasteiger partial charge in [0.1, 0.15) is 0 Å². The van der Waals surface area contributed by atoms with Crippen molar-refractivity contribution in [2.45, 2.75) is 51.4 Å². The molecule has 0 saturated carbocycles. The van der Waals surface area contributed by atoms with Gasteiger partial charge in [-0.25, -0.2) is 0 Å². The zero-order chi connectivity index (χ0) is 11.4. The maximum Gasteiger partial charge on any atom is 0.192 e. The number of nitriles is 1. The molecule has 0 rings (SSSR count). The molecule has 0 bridgehead atoms. The molecule has 1 atom stereocenters. The zero-order valence-corrected chi connectivity index (χ0v) is 11.5. The molecule has 2 nitrogen and oxygen atoms in total. The molecule has 0 aliphatic heterocycles. The summed E-state index contributed by atoms with van der Waals surface area (Å²) in [6.07, 6.45) is 0.276. The molecule has 0 aromatic carbocycles. The first kappa shape index (κ1) is 14.0. The van der Waals surface area contributed by atoms with Crippen LogP contribution >= 0.6 is 11.6 Å². The second kappa shape index (κ2) is 5.15. The standard InChI is InChI=1S/C10H20ClNOSi/c1-10(2,3)14(4,5)13-9(8-11)6-7-12/h9H,6,8H2,1-5H3. The lowest BCUT2D eigenvalue weighted by atomic mass is 10.2. The second-order valence-electron chi connectivity index (χ2n) is 5.02. The Kier molecular flexibility index (Phi) is 5.14. The molecule has 0 aromatic heterocycles. The third kappa shape index (κ3) is 3.99. The summed E-state index contributed by atoms with van der Waals surface area (Å²) >= 11 is 5.75. The second-order valence-corrected chi connectivity index (χ2v) is 10.1. The van der Waals surface area contributed by atoms with Gasteiger partial charge in [0.25, 0.3) is 0 Å². The molecule has 0 fully saturated rings. The number of rotatable bonds is 4. The van der Waals surface area contributed by atoms with Gasteiger partial charge < -0.3 is 4.43 Å². The van der Waals surface area contributed by atoms with E-state index in [1.165, 1.54) is 0 Å². The molecule has 0 aliphatic rings. The molecule has 0 saturated heterocycles. The lowest BCUT2D eigenvalue weighted by Crippen LogP contribution is -2.44. The summed E-state index contributed by atoms with van der Waals surface area (Å²) in [5.41, 5.74) is 0. The van der Waals surface area contributed by atoms with Crippen molar-refractivity contribution in [2.24, 2.45) is 0 Å². The molecule has 4 heteroatoms. The van der Waals surface area contributed by atoms with E-state index in [4.69, 9.17) is 21.3 Å². The van der Waals surface area contributed by atoms with E-state index < -0.39 is 8.32 Å². The highest BCUT2D eigenvalue weighted by molar-refractivity contribution is 6.74. The molecule has 0 spiro atoms. The zero-order valence-electron chi connectivity index (χ0n) is 9.72. The smallest absolute Gasteiger partial charge is 0.192 e. The molecule has 0 aromatic rings. The fourth-order valence-corrected chi connectivity index (χ4v) is 2.45. The molecule has 82 valence electrons. The molecule has 14 heavy (non-hydrogen) atoms. The molecular weight excluding hydrogens is 214 g/mol. The molecule has 0 aliphatic carbocycles. The van der Waals surface area contributed by atoms with Gasteiger partial charge in [0.2, 0.25) is 0 Å². The first-order valence-electron chi connectivity index (χ1n) is 4.85. The van der Waals surface area contributed by atoms with Gasteiger partial charge in [-0.1, -0.05) is 20.8 Å².